The molecule has 0 radical (unpaired) electrons. The molecule has 2 unspecified atom stereocenters. The molecule has 0 aromatic heterocycles. The van der Waals surface area contributed by atoms with Gasteiger partial charge in [0, 0.05) is 6.61 Å². The van der Waals surface area contributed by atoms with Crippen LogP contribution in [0.2, 0.25) is 0 Å². The lowest BCUT2D eigenvalue weighted by molar-refractivity contribution is -0.101. The van der Waals surface area contributed by atoms with Crippen LogP contribution in [-0.2, 0) is 4.74 Å². The van der Waals surface area contributed by atoms with E-state index in [-0.39, 0.29) is 0 Å². The van der Waals surface area contributed by atoms with Gasteiger partial charge in [-0.05, 0) is 63.5 Å². The van der Waals surface area contributed by atoms with Gasteiger partial charge < -0.3 is 10.1 Å². The van der Waals surface area contributed by atoms with Crippen molar-refractivity contribution in [2.45, 2.75) is 70.8 Å². The highest BCUT2D eigenvalue weighted by molar-refractivity contribution is 4.92. The van der Waals surface area contributed by atoms with E-state index in [1.807, 2.05) is 0 Å². The quantitative estimate of drug-likeness (QED) is 0.728. The normalized spacial score (nSPS) is 28.7. The zero-order valence-electron chi connectivity index (χ0n) is 12.3. The third-order valence-electron chi connectivity index (χ3n) is 5.05. The van der Waals surface area contributed by atoms with Gasteiger partial charge in [0.1, 0.15) is 0 Å². The highest BCUT2D eigenvalue weighted by atomic mass is 16.5. The fraction of sp³-hybridized carbons (Fsp3) is 1.00. The van der Waals surface area contributed by atoms with Crippen LogP contribution in [0, 0.1) is 11.8 Å². The van der Waals surface area contributed by atoms with E-state index < -0.39 is 0 Å². The van der Waals surface area contributed by atoms with Crippen LogP contribution in [0.1, 0.15) is 65.2 Å². The number of hydrogen-bond acceptors (Lipinski definition) is 2. The molecule has 0 aromatic carbocycles. The monoisotopic (exact) mass is 253 g/mol. The number of hydrogen-bond donors (Lipinski definition) is 1. The second-order valence-electron chi connectivity index (χ2n) is 6.51. The summed E-state index contributed by atoms with van der Waals surface area (Å²) < 4.78 is 6.13. The predicted octanol–water partition coefficient (Wildman–Crippen LogP) is 3.75. The fourth-order valence-corrected chi connectivity index (χ4v) is 3.79. The van der Waals surface area contributed by atoms with Crippen molar-refractivity contribution >= 4 is 0 Å². The first-order valence-electron chi connectivity index (χ1n) is 8.10. The summed E-state index contributed by atoms with van der Waals surface area (Å²) in [6.07, 6.45) is 10.6. The molecule has 0 amide bonds. The molecule has 1 spiro atoms. The second-order valence-corrected chi connectivity index (χ2v) is 6.51. The highest BCUT2D eigenvalue weighted by Gasteiger charge is 2.40. The van der Waals surface area contributed by atoms with Crippen LogP contribution >= 0.6 is 0 Å². The minimum absolute atomic E-state index is 0.300. The van der Waals surface area contributed by atoms with Crippen molar-refractivity contribution < 1.29 is 4.74 Å². The summed E-state index contributed by atoms with van der Waals surface area (Å²) in [6.45, 7) is 8.06. The Morgan fingerprint density at radius 3 is 2.78 bits per heavy atom. The Morgan fingerprint density at radius 1 is 1.28 bits per heavy atom. The van der Waals surface area contributed by atoms with Crippen LogP contribution in [0.5, 0.6) is 0 Å². The maximum atomic E-state index is 6.13. The number of nitrogens with one attached hydrogen (secondary N) is 1. The lowest BCUT2D eigenvalue weighted by atomic mass is 9.77. The smallest absolute Gasteiger partial charge is 0.0685 e. The van der Waals surface area contributed by atoms with Gasteiger partial charge in [-0.25, -0.2) is 0 Å². The maximum absolute atomic E-state index is 6.13. The summed E-state index contributed by atoms with van der Waals surface area (Å²) in [6, 6.07) is 0. The van der Waals surface area contributed by atoms with Crippen LogP contribution in [-0.4, -0.2) is 25.3 Å². The summed E-state index contributed by atoms with van der Waals surface area (Å²) in [5.41, 5.74) is 0.300. The topological polar surface area (TPSA) is 21.3 Å². The third kappa shape index (κ3) is 3.71. The van der Waals surface area contributed by atoms with Crippen molar-refractivity contribution in [3.8, 4) is 0 Å². The first-order chi connectivity index (χ1) is 8.76. The van der Waals surface area contributed by atoms with Crippen molar-refractivity contribution in [1.29, 1.82) is 0 Å². The van der Waals surface area contributed by atoms with Crippen molar-refractivity contribution in [2.75, 3.05) is 19.7 Å². The van der Waals surface area contributed by atoms with Crippen molar-refractivity contribution in [3.05, 3.63) is 0 Å². The average molecular weight is 253 g/mol. The summed E-state index contributed by atoms with van der Waals surface area (Å²) in [5, 5.41) is 3.53. The molecular formula is C16H31NO. The Labute approximate surface area is 113 Å². The molecule has 2 nitrogen and oxygen atoms in total. The van der Waals surface area contributed by atoms with Gasteiger partial charge in [0.25, 0.3) is 0 Å². The molecule has 2 atom stereocenters. The molecule has 106 valence electrons. The fourth-order valence-electron chi connectivity index (χ4n) is 3.79. The Hall–Kier alpha value is -0.0800. The van der Waals surface area contributed by atoms with Crippen LogP contribution < -0.4 is 5.32 Å². The summed E-state index contributed by atoms with van der Waals surface area (Å²) in [5.74, 6) is 1.76. The van der Waals surface area contributed by atoms with E-state index in [1.54, 1.807) is 0 Å². The third-order valence-corrected chi connectivity index (χ3v) is 5.05. The standard InChI is InChI=1S/C16H31NO/c1-3-10-17-11-6-14(2)15-7-12-18-16(13-15)8-4-5-9-16/h14-15,17H,3-13H2,1-2H3. The van der Waals surface area contributed by atoms with E-state index in [9.17, 15) is 0 Å². The summed E-state index contributed by atoms with van der Waals surface area (Å²) in [7, 11) is 0. The van der Waals surface area contributed by atoms with Gasteiger partial charge in [-0.1, -0.05) is 26.7 Å². The Kier molecular flexibility index (Phi) is 5.50. The van der Waals surface area contributed by atoms with Gasteiger partial charge in [0.05, 0.1) is 5.60 Å². The predicted molar refractivity (Wildman–Crippen MR) is 76.8 cm³/mol. The molecule has 2 fully saturated rings. The minimum Gasteiger partial charge on any atom is -0.375 e. The van der Waals surface area contributed by atoms with E-state index in [2.05, 4.69) is 19.2 Å². The first kappa shape index (κ1) is 14.3. The van der Waals surface area contributed by atoms with E-state index in [0.717, 1.165) is 18.4 Å². The molecule has 2 rings (SSSR count). The SMILES string of the molecule is CCCNCCC(C)C1CCOC2(CCCC2)C1. The van der Waals surface area contributed by atoms with Crippen molar-refractivity contribution in [2.24, 2.45) is 11.8 Å². The van der Waals surface area contributed by atoms with Crippen molar-refractivity contribution in [3.63, 3.8) is 0 Å². The zero-order chi connectivity index (χ0) is 12.8. The highest BCUT2D eigenvalue weighted by Crippen LogP contribution is 2.44. The summed E-state index contributed by atoms with van der Waals surface area (Å²) in [4.78, 5) is 0. The van der Waals surface area contributed by atoms with Gasteiger partial charge >= 0.3 is 0 Å². The molecule has 1 aliphatic carbocycles. The summed E-state index contributed by atoms with van der Waals surface area (Å²) >= 11 is 0. The molecule has 1 heterocycles. The molecule has 0 bridgehead atoms. The van der Waals surface area contributed by atoms with Crippen LogP contribution in [0.4, 0.5) is 0 Å². The zero-order valence-corrected chi connectivity index (χ0v) is 12.3. The van der Waals surface area contributed by atoms with Gasteiger partial charge in [-0.15, -0.1) is 0 Å². The number of ether oxygens (including phenoxy) is 1. The van der Waals surface area contributed by atoms with Gasteiger partial charge in [0.2, 0.25) is 0 Å². The average Bonchev–Trinajstić information content (AvgIpc) is 2.82. The molecule has 1 N–H and O–H groups in total. The molecular weight excluding hydrogens is 222 g/mol. The lowest BCUT2D eigenvalue weighted by Crippen LogP contribution is -2.39. The Morgan fingerprint density at radius 2 is 2.06 bits per heavy atom. The molecule has 18 heavy (non-hydrogen) atoms. The first-order valence-corrected chi connectivity index (χ1v) is 8.10. The van der Waals surface area contributed by atoms with Gasteiger partial charge in [0.15, 0.2) is 0 Å². The molecule has 1 saturated carbocycles. The van der Waals surface area contributed by atoms with Crippen LogP contribution in [0.15, 0.2) is 0 Å². The molecule has 2 aliphatic rings. The van der Waals surface area contributed by atoms with E-state index >= 15 is 0 Å². The van der Waals surface area contributed by atoms with Gasteiger partial charge in [-0.2, -0.15) is 0 Å². The maximum Gasteiger partial charge on any atom is 0.0685 e. The minimum atomic E-state index is 0.300. The van der Waals surface area contributed by atoms with Crippen molar-refractivity contribution in [1.82, 2.24) is 5.32 Å². The number of rotatable bonds is 6. The van der Waals surface area contributed by atoms with Crippen LogP contribution in [0.3, 0.4) is 0 Å². The van der Waals surface area contributed by atoms with Crippen LogP contribution in [0.25, 0.3) is 0 Å². The lowest BCUT2D eigenvalue weighted by Gasteiger charge is -2.40. The molecule has 1 saturated heterocycles. The Bertz CT molecular complexity index is 235. The van der Waals surface area contributed by atoms with E-state index in [1.165, 1.54) is 64.5 Å². The van der Waals surface area contributed by atoms with E-state index in [4.69, 9.17) is 4.74 Å². The molecule has 0 aromatic rings. The molecule has 1 aliphatic heterocycles. The molecule has 2 heteroatoms. The van der Waals surface area contributed by atoms with E-state index in [0.29, 0.717) is 5.60 Å². The van der Waals surface area contributed by atoms with Gasteiger partial charge in [-0.3, -0.25) is 0 Å². The Balaban J connectivity index is 1.74. The largest absolute Gasteiger partial charge is 0.375 e. The second kappa shape index (κ2) is 6.91.